The molecule has 3 rings (SSSR count). The summed E-state index contributed by atoms with van der Waals surface area (Å²) in [7, 11) is 0. The zero-order valence-electron chi connectivity index (χ0n) is 12.2. The first-order chi connectivity index (χ1) is 10.7. The maximum absolute atomic E-state index is 13.5. The van der Waals surface area contributed by atoms with Crippen molar-refractivity contribution < 1.29 is 18.3 Å². The highest BCUT2D eigenvalue weighted by atomic mass is 19.1. The first-order valence-electron chi connectivity index (χ1n) is 7.43. The van der Waals surface area contributed by atoms with E-state index in [1.165, 1.54) is 18.6 Å². The molecule has 0 N–H and O–H groups in total. The van der Waals surface area contributed by atoms with E-state index in [2.05, 4.69) is 0 Å². The highest BCUT2D eigenvalue weighted by Gasteiger charge is 2.25. The Morgan fingerprint density at radius 2 is 2.23 bits per heavy atom. The van der Waals surface area contributed by atoms with E-state index in [9.17, 15) is 9.18 Å². The normalized spacial score (nSPS) is 18.2. The Morgan fingerprint density at radius 3 is 3.00 bits per heavy atom. The molecule has 22 heavy (non-hydrogen) atoms. The summed E-state index contributed by atoms with van der Waals surface area (Å²) >= 11 is 0. The van der Waals surface area contributed by atoms with Crippen LogP contribution in [0.1, 0.15) is 23.2 Å². The molecule has 1 unspecified atom stereocenters. The van der Waals surface area contributed by atoms with Crippen LogP contribution >= 0.6 is 0 Å². The number of likely N-dealkylation sites (tertiary alicyclic amines) is 1. The number of benzene rings is 1. The second kappa shape index (κ2) is 6.64. The molecule has 1 fully saturated rings. The van der Waals surface area contributed by atoms with Crippen LogP contribution in [0.5, 0.6) is 5.75 Å². The van der Waals surface area contributed by atoms with Crippen LogP contribution in [0, 0.1) is 11.7 Å². The van der Waals surface area contributed by atoms with Crippen LogP contribution in [0.25, 0.3) is 0 Å². The molecular formula is C17H18FNO3. The molecular weight excluding hydrogens is 285 g/mol. The number of rotatable bonds is 4. The Kier molecular flexibility index (Phi) is 4.42. The molecule has 1 aromatic heterocycles. The first kappa shape index (κ1) is 14.6. The number of carbonyl (C=O) groups excluding carboxylic acids is 1. The number of nitrogens with zero attached hydrogens (tertiary/aromatic N) is 1. The van der Waals surface area contributed by atoms with Crippen molar-refractivity contribution in [3.63, 3.8) is 0 Å². The lowest BCUT2D eigenvalue weighted by Gasteiger charge is -2.32. The maximum Gasteiger partial charge on any atom is 0.257 e. The molecule has 1 amide bonds. The van der Waals surface area contributed by atoms with Crippen molar-refractivity contribution >= 4 is 5.91 Å². The number of halogens is 1. The summed E-state index contributed by atoms with van der Waals surface area (Å²) in [6.07, 6.45) is 4.86. The number of para-hydroxylation sites is 1. The minimum Gasteiger partial charge on any atom is -0.490 e. The van der Waals surface area contributed by atoms with Crippen LogP contribution in [-0.2, 0) is 0 Å². The fourth-order valence-electron chi connectivity index (χ4n) is 2.72. The quantitative estimate of drug-likeness (QED) is 0.870. The van der Waals surface area contributed by atoms with Gasteiger partial charge in [0.15, 0.2) is 11.6 Å². The summed E-state index contributed by atoms with van der Waals surface area (Å²) in [5.74, 6) is 0.0963. The fraction of sp³-hybridized carbons (Fsp3) is 0.353. The van der Waals surface area contributed by atoms with Crippen molar-refractivity contribution in [1.29, 1.82) is 0 Å². The first-order valence-corrected chi connectivity index (χ1v) is 7.43. The second-order valence-corrected chi connectivity index (χ2v) is 5.51. The number of amides is 1. The average molecular weight is 303 g/mol. The number of carbonyl (C=O) groups is 1. The van der Waals surface area contributed by atoms with E-state index in [1.807, 2.05) is 4.90 Å². The molecule has 5 heteroatoms. The molecule has 4 nitrogen and oxygen atoms in total. The molecule has 1 atom stereocenters. The van der Waals surface area contributed by atoms with Crippen molar-refractivity contribution in [3.05, 3.63) is 54.2 Å². The van der Waals surface area contributed by atoms with Gasteiger partial charge >= 0.3 is 0 Å². The molecule has 0 radical (unpaired) electrons. The minimum atomic E-state index is -0.357. The SMILES string of the molecule is O=C(c1ccoc1)N1CCCC(COc2ccccc2F)C1. The Bertz CT molecular complexity index is 627. The van der Waals surface area contributed by atoms with Crippen molar-refractivity contribution in [2.24, 2.45) is 5.92 Å². The summed E-state index contributed by atoms with van der Waals surface area (Å²) in [6, 6.07) is 8.04. The summed E-state index contributed by atoms with van der Waals surface area (Å²) in [4.78, 5) is 14.1. The van der Waals surface area contributed by atoms with Crippen molar-refractivity contribution in [2.75, 3.05) is 19.7 Å². The topological polar surface area (TPSA) is 42.7 Å². The van der Waals surface area contributed by atoms with Gasteiger partial charge in [0.05, 0.1) is 18.4 Å². The number of ether oxygens (including phenoxy) is 1. The van der Waals surface area contributed by atoms with E-state index in [-0.39, 0.29) is 23.4 Å². The zero-order valence-corrected chi connectivity index (χ0v) is 12.2. The third-order valence-corrected chi connectivity index (χ3v) is 3.89. The Morgan fingerprint density at radius 1 is 1.36 bits per heavy atom. The van der Waals surface area contributed by atoms with Gasteiger partial charge in [0.25, 0.3) is 5.91 Å². The van der Waals surface area contributed by atoms with Gasteiger partial charge in [-0.3, -0.25) is 4.79 Å². The molecule has 0 bridgehead atoms. The van der Waals surface area contributed by atoms with Crippen LogP contribution in [0.3, 0.4) is 0 Å². The van der Waals surface area contributed by atoms with E-state index in [1.54, 1.807) is 24.3 Å². The molecule has 0 aliphatic carbocycles. The van der Waals surface area contributed by atoms with E-state index in [0.29, 0.717) is 18.7 Å². The Balaban J connectivity index is 1.57. The van der Waals surface area contributed by atoms with E-state index in [0.717, 1.165) is 19.4 Å². The van der Waals surface area contributed by atoms with Crippen LogP contribution in [-0.4, -0.2) is 30.5 Å². The minimum absolute atomic E-state index is 0.0238. The molecule has 1 saturated heterocycles. The third kappa shape index (κ3) is 3.30. The second-order valence-electron chi connectivity index (χ2n) is 5.51. The maximum atomic E-state index is 13.5. The van der Waals surface area contributed by atoms with Gasteiger partial charge in [0.1, 0.15) is 6.26 Å². The molecule has 1 aromatic carbocycles. The van der Waals surface area contributed by atoms with Gasteiger partial charge in [-0.05, 0) is 31.0 Å². The van der Waals surface area contributed by atoms with Crippen LogP contribution in [0.15, 0.2) is 47.3 Å². The van der Waals surface area contributed by atoms with Crippen LogP contribution < -0.4 is 4.74 Å². The summed E-state index contributed by atoms with van der Waals surface area (Å²) in [5, 5.41) is 0. The molecule has 1 aliphatic heterocycles. The van der Waals surface area contributed by atoms with Gasteiger partial charge in [-0.25, -0.2) is 4.39 Å². The standard InChI is InChI=1S/C17H18FNO3/c18-15-5-1-2-6-16(15)22-11-13-4-3-8-19(10-13)17(20)14-7-9-21-12-14/h1-2,5-7,9,12-13H,3-4,8,10-11H2. The smallest absolute Gasteiger partial charge is 0.257 e. The Hall–Kier alpha value is -2.30. The lowest BCUT2D eigenvalue weighted by atomic mass is 9.98. The van der Waals surface area contributed by atoms with E-state index in [4.69, 9.17) is 9.15 Å². The lowest BCUT2D eigenvalue weighted by Crippen LogP contribution is -2.41. The number of hydrogen-bond acceptors (Lipinski definition) is 3. The van der Waals surface area contributed by atoms with Gasteiger partial charge in [-0.2, -0.15) is 0 Å². The molecule has 0 spiro atoms. The predicted octanol–water partition coefficient (Wildman–Crippen LogP) is 3.35. The highest BCUT2D eigenvalue weighted by molar-refractivity contribution is 5.93. The highest BCUT2D eigenvalue weighted by Crippen LogP contribution is 2.22. The van der Waals surface area contributed by atoms with Crippen molar-refractivity contribution in [2.45, 2.75) is 12.8 Å². The Labute approximate surface area is 128 Å². The van der Waals surface area contributed by atoms with Gasteiger partial charge in [0.2, 0.25) is 0 Å². The van der Waals surface area contributed by atoms with Gasteiger partial charge in [-0.1, -0.05) is 12.1 Å². The van der Waals surface area contributed by atoms with E-state index < -0.39 is 0 Å². The largest absolute Gasteiger partial charge is 0.490 e. The number of piperidine rings is 1. The van der Waals surface area contributed by atoms with Gasteiger partial charge in [-0.15, -0.1) is 0 Å². The average Bonchev–Trinajstić information content (AvgIpc) is 3.08. The van der Waals surface area contributed by atoms with Crippen LogP contribution in [0.4, 0.5) is 4.39 Å². The van der Waals surface area contributed by atoms with E-state index >= 15 is 0 Å². The summed E-state index contributed by atoms with van der Waals surface area (Å²) in [5.41, 5.74) is 0.565. The number of furan rings is 1. The molecule has 1 aliphatic rings. The fourth-order valence-corrected chi connectivity index (χ4v) is 2.72. The van der Waals surface area contributed by atoms with Gasteiger partial charge < -0.3 is 14.1 Å². The molecule has 2 aromatic rings. The van der Waals surface area contributed by atoms with Crippen molar-refractivity contribution in [3.8, 4) is 5.75 Å². The zero-order chi connectivity index (χ0) is 15.4. The third-order valence-electron chi connectivity index (χ3n) is 3.89. The number of hydrogen-bond donors (Lipinski definition) is 0. The lowest BCUT2D eigenvalue weighted by molar-refractivity contribution is 0.0630. The molecule has 116 valence electrons. The molecule has 0 saturated carbocycles. The summed E-state index contributed by atoms with van der Waals surface area (Å²) < 4.78 is 24.1. The van der Waals surface area contributed by atoms with Gasteiger partial charge in [0, 0.05) is 19.0 Å². The van der Waals surface area contributed by atoms with Crippen LogP contribution in [0.2, 0.25) is 0 Å². The predicted molar refractivity (Wildman–Crippen MR) is 79.2 cm³/mol. The monoisotopic (exact) mass is 303 g/mol. The summed E-state index contributed by atoms with van der Waals surface area (Å²) in [6.45, 7) is 1.77. The van der Waals surface area contributed by atoms with Crippen molar-refractivity contribution in [1.82, 2.24) is 4.90 Å². The molecule has 2 heterocycles.